The van der Waals surface area contributed by atoms with E-state index in [1.807, 2.05) is 0 Å². The number of halogens is 1. The molecular weight excluding hydrogens is 360 g/mol. The van der Waals surface area contributed by atoms with Gasteiger partial charge in [0.05, 0.1) is 23.9 Å². The molecule has 1 fully saturated rings. The van der Waals surface area contributed by atoms with Crippen LogP contribution in [-0.2, 0) is 9.59 Å². The first-order valence-corrected chi connectivity index (χ1v) is 8.15. The molecule has 0 N–H and O–H groups in total. The third-order valence-electron chi connectivity index (χ3n) is 2.91. The van der Waals surface area contributed by atoms with Crippen LogP contribution in [0.4, 0.5) is 10.5 Å². The van der Waals surface area contributed by atoms with Crippen LogP contribution in [0.2, 0.25) is 0 Å². The van der Waals surface area contributed by atoms with Crippen LogP contribution in [0.15, 0.2) is 24.3 Å². The standard InChI is InChI=1S/C13H13BrN2O4S/c1-20-10-5-3-2-4-9(10)15(11(17)6-14)8-16-12(18)7-21-13(16)19/h2-5H,6-8H2,1H3. The van der Waals surface area contributed by atoms with Gasteiger partial charge in [-0.15, -0.1) is 0 Å². The molecule has 0 aliphatic carbocycles. The van der Waals surface area contributed by atoms with Crippen molar-refractivity contribution in [3.63, 3.8) is 0 Å². The zero-order valence-corrected chi connectivity index (χ0v) is 13.6. The summed E-state index contributed by atoms with van der Waals surface area (Å²) in [4.78, 5) is 38.0. The van der Waals surface area contributed by atoms with Crippen LogP contribution in [0.5, 0.6) is 5.75 Å². The Morgan fingerprint density at radius 1 is 1.43 bits per heavy atom. The van der Waals surface area contributed by atoms with Crippen molar-refractivity contribution >= 4 is 50.4 Å². The number of thioether (sulfide) groups is 1. The number of nitrogens with zero attached hydrogens (tertiary/aromatic N) is 2. The lowest BCUT2D eigenvalue weighted by Gasteiger charge is -2.27. The Kier molecular flexibility index (Phi) is 5.24. The molecule has 0 saturated carbocycles. The fraction of sp³-hybridized carbons (Fsp3) is 0.308. The molecule has 112 valence electrons. The highest BCUT2D eigenvalue weighted by Gasteiger charge is 2.33. The molecule has 1 aromatic carbocycles. The maximum atomic E-state index is 12.1. The summed E-state index contributed by atoms with van der Waals surface area (Å²) in [5.41, 5.74) is 0.516. The Balaban J connectivity index is 2.33. The molecule has 21 heavy (non-hydrogen) atoms. The maximum Gasteiger partial charge on any atom is 0.290 e. The molecule has 0 bridgehead atoms. The normalized spacial score (nSPS) is 14.5. The number of ether oxygens (including phenoxy) is 1. The molecule has 0 spiro atoms. The molecule has 1 heterocycles. The van der Waals surface area contributed by atoms with E-state index < -0.39 is 0 Å². The molecule has 1 aliphatic rings. The Bertz CT molecular complexity index is 565. The minimum atomic E-state index is -0.345. The molecular formula is C13H13BrN2O4S. The van der Waals surface area contributed by atoms with E-state index >= 15 is 0 Å². The van der Waals surface area contributed by atoms with Crippen LogP contribution >= 0.6 is 27.7 Å². The van der Waals surface area contributed by atoms with Crippen LogP contribution in [0.1, 0.15) is 0 Å². The fourth-order valence-electron chi connectivity index (χ4n) is 1.87. The Morgan fingerprint density at radius 3 is 2.71 bits per heavy atom. The Hall–Kier alpha value is -1.54. The van der Waals surface area contributed by atoms with Crippen molar-refractivity contribution in [1.29, 1.82) is 0 Å². The summed E-state index contributed by atoms with van der Waals surface area (Å²) in [6.07, 6.45) is 0. The van der Waals surface area contributed by atoms with Gasteiger partial charge in [-0.3, -0.25) is 24.2 Å². The lowest BCUT2D eigenvalue weighted by atomic mass is 10.2. The van der Waals surface area contributed by atoms with Gasteiger partial charge in [0, 0.05) is 0 Å². The SMILES string of the molecule is COc1ccccc1N(CN1C(=O)CSC1=O)C(=O)CBr. The van der Waals surface area contributed by atoms with Crippen molar-refractivity contribution in [3.8, 4) is 5.75 Å². The largest absolute Gasteiger partial charge is 0.495 e. The number of carbonyl (C=O) groups is 3. The first kappa shape index (κ1) is 15.8. The number of hydrogen-bond acceptors (Lipinski definition) is 5. The second kappa shape index (κ2) is 6.95. The predicted molar refractivity (Wildman–Crippen MR) is 83.8 cm³/mol. The van der Waals surface area contributed by atoms with Crippen molar-refractivity contribution in [3.05, 3.63) is 24.3 Å². The number of benzene rings is 1. The van der Waals surface area contributed by atoms with E-state index in [0.29, 0.717) is 11.4 Å². The first-order chi connectivity index (χ1) is 10.1. The zero-order chi connectivity index (χ0) is 15.4. The zero-order valence-electron chi connectivity index (χ0n) is 11.2. The van der Waals surface area contributed by atoms with Gasteiger partial charge in [0.1, 0.15) is 12.4 Å². The molecule has 0 radical (unpaired) electrons. The van der Waals surface area contributed by atoms with Crippen molar-refractivity contribution in [2.45, 2.75) is 0 Å². The Morgan fingerprint density at radius 2 is 2.14 bits per heavy atom. The van der Waals surface area contributed by atoms with Gasteiger partial charge >= 0.3 is 0 Å². The summed E-state index contributed by atoms with van der Waals surface area (Å²) in [5.74, 6) is 0.0454. The van der Waals surface area contributed by atoms with Gasteiger partial charge < -0.3 is 4.74 Å². The van der Waals surface area contributed by atoms with E-state index in [4.69, 9.17) is 4.74 Å². The summed E-state index contributed by atoms with van der Waals surface area (Å²) in [5, 5.41) is -0.267. The molecule has 1 saturated heterocycles. The predicted octanol–water partition coefficient (Wildman–Crippen LogP) is 2.08. The van der Waals surface area contributed by atoms with Crippen molar-refractivity contribution in [2.24, 2.45) is 0 Å². The number of anilines is 1. The van der Waals surface area contributed by atoms with Crippen molar-refractivity contribution in [1.82, 2.24) is 4.90 Å². The van der Waals surface area contributed by atoms with Crippen molar-refractivity contribution < 1.29 is 19.1 Å². The highest BCUT2D eigenvalue weighted by atomic mass is 79.9. The minimum absolute atomic E-state index is 0.0778. The van der Waals surface area contributed by atoms with Crippen LogP contribution in [0.25, 0.3) is 0 Å². The summed E-state index contributed by atoms with van der Waals surface area (Å²) in [6.45, 7) is -0.116. The third kappa shape index (κ3) is 3.38. The van der Waals surface area contributed by atoms with E-state index in [1.54, 1.807) is 24.3 Å². The van der Waals surface area contributed by atoms with E-state index in [2.05, 4.69) is 15.9 Å². The summed E-state index contributed by atoms with van der Waals surface area (Å²) < 4.78 is 5.24. The van der Waals surface area contributed by atoms with Gasteiger partial charge in [0.15, 0.2) is 0 Å². The molecule has 0 atom stereocenters. The molecule has 2 rings (SSSR count). The van der Waals surface area contributed by atoms with Gasteiger partial charge in [-0.2, -0.15) is 0 Å². The molecule has 1 aliphatic heterocycles. The number of alkyl halides is 1. The van der Waals surface area contributed by atoms with E-state index in [-0.39, 0.29) is 34.8 Å². The lowest BCUT2D eigenvalue weighted by molar-refractivity contribution is -0.125. The first-order valence-electron chi connectivity index (χ1n) is 6.05. The second-order valence-electron chi connectivity index (χ2n) is 4.15. The van der Waals surface area contributed by atoms with Crippen molar-refractivity contribution in [2.75, 3.05) is 29.8 Å². The van der Waals surface area contributed by atoms with Gasteiger partial charge in [0.25, 0.3) is 5.24 Å². The molecule has 3 amide bonds. The summed E-state index contributed by atoms with van der Waals surface area (Å²) >= 11 is 4.05. The van der Waals surface area contributed by atoms with Crippen LogP contribution in [0.3, 0.4) is 0 Å². The molecule has 8 heteroatoms. The lowest BCUT2D eigenvalue weighted by Crippen LogP contribution is -2.44. The number of imide groups is 1. The quantitative estimate of drug-likeness (QED) is 0.740. The topological polar surface area (TPSA) is 66.9 Å². The summed E-state index contributed by atoms with van der Waals surface area (Å²) in [6, 6.07) is 6.96. The van der Waals surface area contributed by atoms with Gasteiger partial charge in [-0.05, 0) is 12.1 Å². The van der Waals surface area contributed by atoms with Crippen LogP contribution < -0.4 is 9.64 Å². The molecule has 6 nitrogen and oxygen atoms in total. The number of carbonyl (C=O) groups excluding carboxylic acids is 3. The van der Waals surface area contributed by atoms with Crippen LogP contribution in [0, 0.1) is 0 Å². The maximum absolute atomic E-state index is 12.1. The average molecular weight is 373 g/mol. The van der Waals surface area contributed by atoms with Gasteiger partial charge in [0.2, 0.25) is 11.8 Å². The Labute approximate surface area is 134 Å². The van der Waals surface area contributed by atoms with Gasteiger partial charge in [-0.1, -0.05) is 39.8 Å². The summed E-state index contributed by atoms with van der Waals surface area (Å²) in [7, 11) is 1.50. The number of hydrogen-bond donors (Lipinski definition) is 0. The molecule has 0 unspecified atom stereocenters. The number of rotatable bonds is 5. The van der Waals surface area contributed by atoms with E-state index in [9.17, 15) is 14.4 Å². The van der Waals surface area contributed by atoms with E-state index in [1.165, 1.54) is 12.0 Å². The number of amides is 3. The number of para-hydroxylation sites is 2. The fourth-order valence-corrected chi connectivity index (χ4v) is 2.89. The highest BCUT2D eigenvalue weighted by molar-refractivity contribution is 9.09. The molecule has 1 aromatic rings. The minimum Gasteiger partial charge on any atom is -0.495 e. The van der Waals surface area contributed by atoms with E-state index in [0.717, 1.165) is 16.7 Å². The highest BCUT2D eigenvalue weighted by Crippen LogP contribution is 2.29. The average Bonchev–Trinajstić information content (AvgIpc) is 2.83. The number of methoxy groups -OCH3 is 1. The third-order valence-corrected chi connectivity index (χ3v) is 4.25. The second-order valence-corrected chi connectivity index (χ2v) is 5.63. The monoisotopic (exact) mass is 372 g/mol. The van der Waals surface area contributed by atoms with Gasteiger partial charge in [-0.25, -0.2) is 0 Å². The smallest absolute Gasteiger partial charge is 0.290 e. The molecule has 0 aromatic heterocycles. The van der Waals surface area contributed by atoms with Crippen LogP contribution in [-0.4, -0.2) is 46.8 Å².